The van der Waals surface area contributed by atoms with Crippen LogP contribution < -0.4 is 0 Å². The molecule has 0 radical (unpaired) electrons. The Hall–Kier alpha value is -1.91. The third-order valence-corrected chi connectivity index (χ3v) is 3.03. The van der Waals surface area contributed by atoms with Gasteiger partial charge in [0.05, 0.1) is 11.8 Å². The van der Waals surface area contributed by atoms with Gasteiger partial charge in [-0.2, -0.15) is 5.10 Å². The maximum Gasteiger partial charge on any atom is 0.181 e. The Kier molecular flexibility index (Phi) is 1.77. The standard InChI is InChI=1S/C11H11N3O2/c1-5-3-8-7(4-12-13-8)11-9(5)10(6(2)15)14-16-11/h4-5H,3H2,1-2H3,(H,12,13)/t5-/m0/s1. The topological polar surface area (TPSA) is 71.8 Å². The number of H-pyrrole nitrogens is 1. The van der Waals surface area contributed by atoms with Crippen LogP contribution in [0.4, 0.5) is 0 Å². The fourth-order valence-corrected chi connectivity index (χ4v) is 2.27. The lowest BCUT2D eigenvalue weighted by atomic mass is 9.85. The van der Waals surface area contributed by atoms with Crippen molar-refractivity contribution in [3.63, 3.8) is 0 Å². The molecule has 82 valence electrons. The molecule has 0 amide bonds. The summed E-state index contributed by atoms with van der Waals surface area (Å²) >= 11 is 0. The second-order valence-electron chi connectivity index (χ2n) is 4.20. The number of carbonyl (C=O) groups excluding carboxylic acids is 1. The van der Waals surface area contributed by atoms with Crippen molar-refractivity contribution in [3.8, 4) is 11.3 Å². The number of hydrogen-bond donors (Lipinski definition) is 1. The van der Waals surface area contributed by atoms with E-state index in [1.807, 2.05) is 0 Å². The number of fused-ring (bicyclic) bond motifs is 3. The monoisotopic (exact) mass is 217 g/mol. The number of aromatic amines is 1. The summed E-state index contributed by atoms with van der Waals surface area (Å²) in [4.78, 5) is 11.4. The van der Waals surface area contributed by atoms with Gasteiger partial charge in [0.2, 0.25) is 0 Å². The number of ketones is 1. The number of rotatable bonds is 1. The van der Waals surface area contributed by atoms with Gasteiger partial charge in [-0.15, -0.1) is 0 Å². The Labute approximate surface area is 91.8 Å². The van der Waals surface area contributed by atoms with Gasteiger partial charge in [-0.05, 0) is 12.3 Å². The first kappa shape index (κ1) is 9.33. The van der Waals surface area contributed by atoms with E-state index in [2.05, 4.69) is 22.3 Å². The smallest absolute Gasteiger partial charge is 0.181 e. The van der Waals surface area contributed by atoms with Crippen LogP contribution in [0.2, 0.25) is 0 Å². The maximum absolute atomic E-state index is 11.4. The Morgan fingerprint density at radius 2 is 2.44 bits per heavy atom. The van der Waals surface area contributed by atoms with E-state index in [1.165, 1.54) is 6.92 Å². The second-order valence-corrected chi connectivity index (χ2v) is 4.20. The van der Waals surface area contributed by atoms with Crippen molar-refractivity contribution >= 4 is 5.78 Å². The zero-order chi connectivity index (χ0) is 11.3. The van der Waals surface area contributed by atoms with Gasteiger partial charge in [0.25, 0.3) is 0 Å². The molecule has 2 heterocycles. The first-order valence-corrected chi connectivity index (χ1v) is 5.21. The van der Waals surface area contributed by atoms with Crippen molar-refractivity contribution in [1.29, 1.82) is 0 Å². The molecule has 0 saturated carbocycles. The van der Waals surface area contributed by atoms with Gasteiger partial charge >= 0.3 is 0 Å². The van der Waals surface area contributed by atoms with Crippen LogP contribution in [0.5, 0.6) is 0 Å². The summed E-state index contributed by atoms with van der Waals surface area (Å²) in [5.41, 5.74) is 3.34. The summed E-state index contributed by atoms with van der Waals surface area (Å²) in [6.07, 6.45) is 2.55. The molecule has 2 aromatic rings. The summed E-state index contributed by atoms with van der Waals surface area (Å²) in [6, 6.07) is 0. The quantitative estimate of drug-likeness (QED) is 0.741. The third-order valence-electron chi connectivity index (χ3n) is 3.03. The molecule has 1 aliphatic rings. The Balaban J connectivity index is 2.27. The van der Waals surface area contributed by atoms with Crippen molar-refractivity contribution in [1.82, 2.24) is 15.4 Å². The van der Waals surface area contributed by atoms with Gasteiger partial charge in [0.15, 0.2) is 17.2 Å². The van der Waals surface area contributed by atoms with E-state index in [4.69, 9.17) is 4.52 Å². The molecule has 1 atom stereocenters. The van der Waals surface area contributed by atoms with Gasteiger partial charge in [-0.25, -0.2) is 0 Å². The lowest BCUT2D eigenvalue weighted by molar-refractivity contribution is 0.100. The Morgan fingerprint density at radius 1 is 1.62 bits per heavy atom. The van der Waals surface area contributed by atoms with Crippen LogP contribution in [0.15, 0.2) is 10.7 Å². The molecule has 0 bridgehead atoms. The Bertz CT molecular complexity index is 568. The van der Waals surface area contributed by atoms with Crippen molar-refractivity contribution in [3.05, 3.63) is 23.1 Å². The van der Waals surface area contributed by atoms with E-state index >= 15 is 0 Å². The fraction of sp³-hybridized carbons (Fsp3) is 0.364. The highest BCUT2D eigenvalue weighted by molar-refractivity contribution is 5.95. The first-order valence-electron chi connectivity index (χ1n) is 5.21. The van der Waals surface area contributed by atoms with Gasteiger partial charge in [0, 0.05) is 18.2 Å². The molecule has 2 aromatic heterocycles. The largest absolute Gasteiger partial charge is 0.355 e. The second kappa shape index (κ2) is 3.04. The van der Waals surface area contributed by atoms with Crippen LogP contribution in [-0.2, 0) is 6.42 Å². The minimum atomic E-state index is -0.0520. The van der Waals surface area contributed by atoms with Crippen molar-refractivity contribution < 1.29 is 9.32 Å². The van der Waals surface area contributed by atoms with Gasteiger partial charge in [-0.3, -0.25) is 9.89 Å². The molecule has 1 aliphatic carbocycles. The van der Waals surface area contributed by atoms with E-state index in [0.29, 0.717) is 11.5 Å². The van der Waals surface area contributed by atoms with Crippen LogP contribution >= 0.6 is 0 Å². The number of nitrogens with one attached hydrogen (secondary N) is 1. The molecule has 0 unspecified atom stereocenters. The van der Waals surface area contributed by atoms with E-state index in [0.717, 1.165) is 23.2 Å². The lowest BCUT2D eigenvalue weighted by Gasteiger charge is -2.16. The van der Waals surface area contributed by atoms with E-state index in [1.54, 1.807) is 6.20 Å². The molecule has 0 fully saturated rings. The van der Waals surface area contributed by atoms with Crippen molar-refractivity contribution in [2.24, 2.45) is 0 Å². The average molecular weight is 217 g/mol. The molecule has 0 saturated heterocycles. The number of Topliss-reactive ketones (excluding diaryl/α,β-unsaturated/α-hetero) is 1. The fourth-order valence-electron chi connectivity index (χ4n) is 2.27. The van der Waals surface area contributed by atoms with Gasteiger partial charge < -0.3 is 4.52 Å². The number of hydrogen-bond acceptors (Lipinski definition) is 4. The summed E-state index contributed by atoms with van der Waals surface area (Å²) in [5.74, 6) is 0.865. The SMILES string of the molecule is CC(=O)c1noc2c1[C@@H](C)Cc1[nH]ncc1-2. The predicted octanol–water partition coefficient (Wildman–Crippen LogP) is 1.93. The van der Waals surface area contributed by atoms with Crippen LogP contribution in [0.25, 0.3) is 11.3 Å². The van der Waals surface area contributed by atoms with E-state index in [9.17, 15) is 4.79 Å². The lowest BCUT2D eigenvalue weighted by Crippen LogP contribution is -2.10. The molecule has 1 N–H and O–H groups in total. The van der Waals surface area contributed by atoms with Crippen LogP contribution in [0.3, 0.4) is 0 Å². The molecule has 5 nitrogen and oxygen atoms in total. The minimum Gasteiger partial charge on any atom is -0.355 e. The molecule has 3 rings (SSSR count). The third kappa shape index (κ3) is 1.08. The molecule has 0 spiro atoms. The average Bonchev–Trinajstić information content (AvgIpc) is 2.80. The highest BCUT2D eigenvalue weighted by Crippen LogP contribution is 2.40. The molecular weight excluding hydrogens is 206 g/mol. The zero-order valence-electron chi connectivity index (χ0n) is 9.07. The van der Waals surface area contributed by atoms with Gasteiger partial charge in [-0.1, -0.05) is 12.1 Å². The van der Waals surface area contributed by atoms with Crippen LogP contribution in [-0.4, -0.2) is 21.1 Å². The van der Waals surface area contributed by atoms with E-state index < -0.39 is 0 Å². The maximum atomic E-state index is 11.4. The minimum absolute atomic E-state index is 0.0520. The molecule has 0 aliphatic heterocycles. The van der Waals surface area contributed by atoms with Crippen molar-refractivity contribution in [2.75, 3.05) is 0 Å². The zero-order valence-corrected chi connectivity index (χ0v) is 9.07. The highest BCUT2D eigenvalue weighted by atomic mass is 16.5. The summed E-state index contributed by atoms with van der Waals surface area (Å²) in [6.45, 7) is 3.57. The summed E-state index contributed by atoms with van der Waals surface area (Å²) < 4.78 is 5.27. The van der Waals surface area contributed by atoms with Crippen molar-refractivity contribution in [2.45, 2.75) is 26.2 Å². The normalized spacial score (nSPS) is 18.0. The Morgan fingerprint density at radius 3 is 3.19 bits per heavy atom. The van der Waals surface area contributed by atoms with Crippen LogP contribution in [0.1, 0.15) is 41.5 Å². The predicted molar refractivity (Wildman–Crippen MR) is 56.2 cm³/mol. The van der Waals surface area contributed by atoms with Gasteiger partial charge in [0.1, 0.15) is 0 Å². The molecular formula is C11H11N3O2. The molecule has 16 heavy (non-hydrogen) atoms. The molecule has 0 aromatic carbocycles. The molecule has 5 heteroatoms. The number of aromatic nitrogens is 3. The number of carbonyl (C=O) groups is 1. The van der Waals surface area contributed by atoms with E-state index in [-0.39, 0.29) is 11.7 Å². The number of nitrogens with zero attached hydrogens (tertiary/aromatic N) is 2. The summed E-state index contributed by atoms with van der Waals surface area (Å²) in [7, 11) is 0. The summed E-state index contributed by atoms with van der Waals surface area (Å²) in [5, 5.41) is 10.8. The van der Waals surface area contributed by atoms with Crippen LogP contribution in [0, 0.1) is 0 Å². The first-order chi connectivity index (χ1) is 7.68. The highest BCUT2D eigenvalue weighted by Gasteiger charge is 2.31.